The lowest BCUT2D eigenvalue weighted by Gasteiger charge is -2.34. The number of carbonyl (C=O) groups excluding carboxylic acids is 1. The number of hydrogen-bond donors (Lipinski definition) is 2. The van der Waals surface area contributed by atoms with E-state index in [1.165, 1.54) is 28.9 Å². The fourth-order valence-electron chi connectivity index (χ4n) is 5.17. The lowest BCUT2D eigenvalue weighted by atomic mass is 9.74. The molecule has 188 valence electrons. The van der Waals surface area contributed by atoms with Crippen LogP contribution in [-0.2, 0) is 4.79 Å². The van der Waals surface area contributed by atoms with Crippen LogP contribution in [-0.4, -0.2) is 21.9 Å². The van der Waals surface area contributed by atoms with Crippen molar-refractivity contribution in [3.8, 4) is 11.4 Å². The maximum Gasteiger partial charge on any atom is 0.573 e. The van der Waals surface area contributed by atoms with Crippen LogP contribution in [0.15, 0.2) is 88.2 Å². The molecule has 6 rings (SSSR count). The summed E-state index contributed by atoms with van der Waals surface area (Å²) < 4.78 is 43.5. The highest BCUT2D eigenvalue weighted by Gasteiger charge is 2.41. The summed E-state index contributed by atoms with van der Waals surface area (Å²) in [7, 11) is 0. The van der Waals surface area contributed by atoms with Gasteiger partial charge in [0.1, 0.15) is 11.6 Å². The smallest absolute Gasteiger partial charge is 0.406 e. The molecule has 2 aliphatic rings. The average Bonchev–Trinajstić information content (AvgIpc) is 3.52. The van der Waals surface area contributed by atoms with E-state index in [1.807, 2.05) is 35.7 Å². The van der Waals surface area contributed by atoms with Gasteiger partial charge in [0, 0.05) is 34.4 Å². The first-order valence-electron chi connectivity index (χ1n) is 11.6. The highest BCUT2D eigenvalue weighted by atomic mass is 32.1. The number of aromatic nitrogens is 2. The molecular formula is C27H20F3N3O3S. The van der Waals surface area contributed by atoms with Crippen LogP contribution in [0.1, 0.15) is 40.7 Å². The second-order valence-electron chi connectivity index (χ2n) is 8.99. The number of carbonyl (C=O) groups is 1. The lowest BCUT2D eigenvalue weighted by Crippen LogP contribution is -2.31. The molecule has 1 aliphatic heterocycles. The molecule has 0 bridgehead atoms. The topological polar surface area (TPSA) is 76.1 Å². The van der Waals surface area contributed by atoms with Gasteiger partial charge in [-0.05, 0) is 47.7 Å². The number of alkyl halides is 3. The summed E-state index contributed by atoms with van der Waals surface area (Å²) in [6, 6.07) is 18.3. The van der Waals surface area contributed by atoms with Crippen LogP contribution in [0.5, 0.6) is 5.75 Å². The van der Waals surface area contributed by atoms with Gasteiger partial charge in [-0.15, -0.1) is 24.5 Å². The molecule has 2 aromatic carbocycles. The number of benzene rings is 2. The third kappa shape index (κ3) is 4.27. The van der Waals surface area contributed by atoms with Crippen molar-refractivity contribution in [2.75, 3.05) is 5.32 Å². The Hall–Kier alpha value is -4.05. The van der Waals surface area contributed by atoms with Crippen molar-refractivity contribution >= 4 is 22.9 Å². The number of hydrogen-bond acceptors (Lipinski definition) is 5. The molecule has 37 heavy (non-hydrogen) atoms. The number of nitrogens with zero attached hydrogens (tertiary/aromatic N) is 1. The minimum Gasteiger partial charge on any atom is -0.406 e. The van der Waals surface area contributed by atoms with Gasteiger partial charge in [0.25, 0.3) is 5.56 Å². The van der Waals surface area contributed by atoms with Crippen molar-refractivity contribution < 1.29 is 22.7 Å². The van der Waals surface area contributed by atoms with E-state index in [2.05, 4.69) is 15.2 Å². The van der Waals surface area contributed by atoms with E-state index >= 15 is 0 Å². The van der Waals surface area contributed by atoms with Crippen LogP contribution in [0.3, 0.4) is 0 Å². The molecule has 0 radical (unpaired) electrons. The Morgan fingerprint density at radius 1 is 0.946 bits per heavy atom. The van der Waals surface area contributed by atoms with Gasteiger partial charge in [0.2, 0.25) is 0 Å². The summed E-state index contributed by atoms with van der Waals surface area (Å²) in [5, 5.41) is 8.42. The van der Waals surface area contributed by atoms with Crippen LogP contribution >= 0.6 is 11.3 Å². The van der Waals surface area contributed by atoms with Crippen LogP contribution in [0, 0.1) is 0 Å². The van der Waals surface area contributed by atoms with Gasteiger partial charge in [-0.2, -0.15) is 0 Å². The van der Waals surface area contributed by atoms with E-state index in [0.717, 1.165) is 4.88 Å². The average molecular weight is 524 g/mol. The molecule has 0 amide bonds. The van der Waals surface area contributed by atoms with E-state index < -0.39 is 12.3 Å². The minimum absolute atomic E-state index is 0.00597. The summed E-state index contributed by atoms with van der Waals surface area (Å²) in [5.74, 6) is -0.732. The van der Waals surface area contributed by atoms with Crippen LogP contribution in [0.4, 0.5) is 19.0 Å². The first kappa shape index (κ1) is 23.4. The molecule has 2 N–H and O–H groups in total. The largest absolute Gasteiger partial charge is 0.573 e. The molecule has 10 heteroatoms. The number of anilines is 1. The predicted molar refractivity (Wildman–Crippen MR) is 133 cm³/mol. The molecule has 0 saturated heterocycles. The van der Waals surface area contributed by atoms with Crippen molar-refractivity contribution in [1.82, 2.24) is 9.78 Å². The SMILES string of the molecule is O=C1C[C@H](c2cccs2)CC2=C1[C@@H](c1ccc(OC(F)(F)F)cc1)c1c([nH]n(-c3ccccc3)c1=O)N2. The second kappa shape index (κ2) is 8.81. The van der Waals surface area contributed by atoms with Crippen molar-refractivity contribution in [2.45, 2.75) is 31.0 Å². The van der Waals surface area contributed by atoms with Crippen molar-refractivity contribution in [1.29, 1.82) is 0 Å². The molecule has 1 aliphatic carbocycles. The Balaban J connectivity index is 1.48. The van der Waals surface area contributed by atoms with E-state index in [4.69, 9.17) is 0 Å². The van der Waals surface area contributed by atoms with Crippen LogP contribution in [0.2, 0.25) is 0 Å². The summed E-state index contributed by atoms with van der Waals surface area (Å²) >= 11 is 1.59. The third-order valence-corrected chi connectivity index (χ3v) is 7.73. The quantitative estimate of drug-likeness (QED) is 0.340. The molecule has 0 unspecified atom stereocenters. The zero-order chi connectivity index (χ0) is 25.7. The fourth-order valence-corrected chi connectivity index (χ4v) is 6.00. The Morgan fingerprint density at radius 3 is 2.38 bits per heavy atom. The molecular weight excluding hydrogens is 503 g/mol. The monoisotopic (exact) mass is 523 g/mol. The van der Waals surface area contributed by atoms with E-state index in [1.54, 1.807) is 23.5 Å². The molecule has 0 saturated carbocycles. The third-order valence-electron chi connectivity index (χ3n) is 6.69. The van der Waals surface area contributed by atoms with E-state index in [9.17, 15) is 22.8 Å². The summed E-state index contributed by atoms with van der Waals surface area (Å²) in [5.41, 5.74) is 2.34. The maximum atomic E-state index is 13.7. The molecule has 3 heterocycles. The standard InChI is InChI=1S/C27H20F3N3O3S/c28-27(29,30)36-18-10-8-15(9-11-18)22-23-19(13-16(14-20(23)34)21-7-4-12-37-21)31-25-24(22)26(35)33(32-25)17-5-2-1-3-6-17/h1-12,16,22,31-32H,13-14H2/t16-,22-/m1/s1. The number of aromatic amines is 1. The Kier molecular flexibility index (Phi) is 5.56. The van der Waals surface area contributed by atoms with E-state index in [-0.39, 0.29) is 23.0 Å². The number of ketones is 1. The van der Waals surface area contributed by atoms with Gasteiger partial charge < -0.3 is 10.1 Å². The number of halogens is 3. The lowest BCUT2D eigenvalue weighted by molar-refractivity contribution is -0.274. The number of Topliss-reactive ketones (excluding diaryl/α,β-unsaturated/α-hetero) is 1. The molecule has 0 fully saturated rings. The number of rotatable bonds is 4. The number of fused-ring (bicyclic) bond motifs is 1. The van der Waals surface area contributed by atoms with E-state index in [0.29, 0.717) is 46.7 Å². The van der Waals surface area contributed by atoms with Gasteiger partial charge in [0.15, 0.2) is 5.78 Å². The molecule has 2 aromatic heterocycles. The molecule has 4 aromatic rings. The summed E-state index contributed by atoms with van der Waals surface area (Å²) in [6.07, 6.45) is -3.95. The minimum atomic E-state index is -4.82. The van der Waals surface area contributed by atoms with Gasteiger partial charge in [-0.25, -0.2) is 4.68 Å². The number of para-hydroxylation sites is 1. The highest BCUT2D eigenvalue weighted by molar-refractivity contribution is 7.10. The van der Waals surface area contributed by atoms with Gasteiger partial charge in [-0.1, -0.05) is 36.4 Å². The van der Waals surface area contributed by atoms with Crippen molar-refractivity contribution in [3.63, 3.8) is 0 Å². The normalized spacial score (nSPS) is 19.3. The van der Waals surface area contributed by atoms with Crippen molar-refractivity contribution in [2.24, 2.45) is 0 Å². The zero-order valence-electron chi connectivity index (χ0n) is 19.2. The maximum absolute atomic E-state index is 13.7. The van der Waals surface area contributed by atoms with Gasteiger partial charge in [0.05, 0.1) is 11.3 Å². The zero-order valence-corrected chi connectivity index (χ0v) is 20.0. The number of H-pyrrole nitrogens is 1. The molecule has 0 spiro atoms. The van der Waals surface area contributed by atoms with Crippen LogP contribution in [0.25, 0.3) is 5.69 Å². The van der Waals surface area contributed by atoms with Gasteiger partial charge in [-0.3, -0.25) is 14.7 Å². The summed E-state index contributed by atoms with van der Waals surface area (Å²) in [6.45, 7) is 0. The van der Waals surface area contributed by atoms with Gasteiger partial charge >= 0.3 is 6.36 Å². The molecule has 6 nitrogen and oxygen atoms in total. The first-order chi connectivity index (χ1) is 17.8. The molecule has 2 atom stereocenters. The number of ether oxygens (including phenoxy) is 1. The Morgan fingerprint density at radius 2 is 1.70 bits per heavy atom. The van der Waals surface area contributed by atoms with Crippen molar-refractivity contribution in [3.05, 3.63) is 110 Å². The summed E-state index contributed by atoms with van der Waals surface area (Å²) in [4.78, 5) is 28.4. The highest BCUT2D eigenvalue weighted by Crippen LogP contribution is 2.47. The fraction of sp³-hybridized carbons (Fsp3) is 0.185. The van der Waals surface area contributed by atoms with Crippen LogP contribution < -0.4 is 15.6 Å². The first-order valence-corrected chi connectivity index (χ1v) is 12.5. The Labute approximate surface area is 213 Å². The second-order valence-corrected chi connectivity index (χ2v) is 9.97. The number of allylic oxidation sites excluding steroid dienone is 2. The number of thiophene rings is 1. The Bertz CT molecular complexity index is 1550. The predicted octanol–water partition coefficient (Wildman–Crippen LogP) is 6.08. The number of nitrogens with one attached hydrogen (secondary N) is 2.